The second kappa shape index (κ2) is 7.58. The van der Waals surface area contributed by atoms with Crippen LogP contribution in [0.15, 0.2) is 21.5 Å². The van der Waals surface area contributed by atoms with Gasteiger partial charge < -0.3 is 9.64 Å². The summed E-state index contributed by atoms with van der Waals surface area (Å²) in [6.07, 6.45) is 0.703. The van der Waals surface area contributed by atoms with Crippen LogP contribution in [0.25, 0.3) is 0 Å². The number of amides is 1. The molecule has 0 heterocycles. The zero-order chi connectivity index (χ0) is 16.2. The van der Waals surface area contributed by atoms with E-state index in [-0.39, 0.29) is 16.4 Å². The van der Waals surface area contributed by atoms with Crippen molar-refractivity contribution in [2.24, 2.45) is 0 Å². The van der Waals surface area contributed by atoms with Gasteiger partial charge in [-0.15, -0.1) is 0 Å². The molecule has 0 aromatic heterocycles. The number of methoxy groups -OCH3 is 1. The van der Waals surface area contributed by atoms with E-state index < -0.39 is 9.05 Å². The summed E-state index contributed by atoms with van der Waals surface area (Å²) in [5.41, 5.74) is 0.917. The molecule has 1 aromatic carbocycles. The minimum atomic E-state index is -3.92. The van der Waals surface area contributed by atoms with E-state index in [0.717, 1.165) is 0 Å². The molecule has 0 atom stereocenters. The first-order valence-corrected chi connectivity index (χ1v) is 9.28. The van der Waals surface area contributed by atoms with Crippen molar-refractivity contribution < 1.29 is 17.9 Å². The molecule has 5 nitrogen and oxygen atoms in total. The van der Waals surface area contributed by atoms with Crippen LogP contribution in [0.1, 0.15) is 22.3 Å². The van der Waals surface area contributed by atoms with Crippen LogP contribution in [0.5, 0.6) is 0 Å². The molecule has 1 aromatic rings. The minimum Gasteiger partial charge on any atom is -0.385 e. The first-order chi connectivity index (χ1) is 9.68. The number of ether oxygens (including phenoxy) is 1. The fourth-order valence-electron chi connectivity index (χ4n) is 1.81. The van der Waals surface area contributed by atoms with Crippen LogP contribution in [0, 0.1) is 6.92 Å². The predicted octanol–water partition coefficient (Wildman–Crippen LogP) is 2.79. The predicted molar refractivity (Wildman–Crippen MR) is 85.4 cm³/mol. The van der Waals surface area contributed by atoms with Crippen molar-refractivity contribution in [3.8, 4) is 0 Å². The molecule has 1 amide bonds. The smallest absolute Gasteiger partial charge is 0.262 e. The molecule has 0 N–H and O–H groups in total. The largest absolute Gasteiger partial charge is 0.385 e. The van der Waals surface area contributed by atoms with Gasteiger partial charge in [0.05, 0.1) is 4.90 Å². The first-order valence-electron chi connectivity index (χ1n) is 6.17. The quantitative estimate of drug-likeness (QED) is 0.546. The third-order valence-electron chi connectivity index (χ3n) is 2.92. The van der Waals surface area contributed by atoms with E-state index in [2.05, 4.69) is 15.9 Å². The molecule has 0 aliphatic heterocycles. The summed E-state index contributed by atoms with van der Waals surface area (Å²) >= 11 is 3.18. The van der Waals surface area contributed by atoms with Gasteiger partial charge in [0.15, 0.2) is 0 Å². The maximum atomic E-state index is 12.3. The lowest BCUT2D eigenvalue weighted by molar-refractivity contribution is 0.0779. The monoisotopic (exact) mass is 397 g/mol. The van der Waals surface area contributed by atoms with Gasteiger partial charge in [-0.25, -0.2) is 8.42 Å². The highest BCUT2D eigenvalue weighted by Gasteiger charge is 2.21. The molecular formula is C13H17BrClNO4S. The summed E-state index contributed by atoms with van der Waals surface area (Å²) in [4.78, 5) is 13.7. The van der Waals surface area contributed by atoms with E-state index in [0.29, 0.717) is 29.6 Å². The van der Waals surface area contributed by atoms with Gasteiger partial charge in [0, 0.05) is 48.0 Å². The summed E-state index contributed by atoms with van der Waals surface area (Å²) in [5.74, 6) is -0.261. The number of benzene rings is 1. The highest BCUT2D eigenvalue weighted by molar-refractivity contribution is 9.10. The fourth-order valence-corrected chi connectivity index (χ4v) is 3.96. The van der Waals surface area contributed by atoms with Gasteiger partial charge in [-0.1, -0.05) is 0 Å². The van der Waals surface area contributed by atoms with Crippen LogP contribution < -0.4 is 0 Å². The van der Waals surface area contributed by atoms with E-state index in [1.165, 1.54) is 11.0 Å². The number of rotatable bonds is 6. The number of halogens is 2. The fraction of sp³-hybridized carbons (Fsp3) is 0.462. The maximum absolute atomic E-state index is 12.3. The van der Waals surface area contributed by atoms with Gasteiger partial charge in [-0.05, 0) is 47.0 Å². The standard InChI is InChI=1S/C13H17BrClNO4S/c1-9-7-10(8-11(12(9)14)21(15,18)19)13(17)16(2)5-4-6-20-3/h7-8H,4-6H2,1-3H3. The van der Waals surface area contributed by atoms with Crippen molar-refractivity contribution in [3.05, 3.63) is 27.7 Å². The average Bonchev–Trinajstić information content (AvgIpc) is 2.39. The molecule has 0 fully saturated rings. The zero-order valence-electron chi connectivity index (χ0n) is 12.0. The lowest BCUT2D eigenvalue weighted by Gasteiger charge is -2.18. The normalized spacial score (nSPS) is 11.5. The van der Waals surface area contributed by atoms with Crippen molar-refractivity contribution >= 4 is 41.6 Å². The third-order valence-corrected chi connectivity index (χ3v) is 5.58. The molecule has 0 spiro atoms. The van der Waals surface area contributed by atoms with E-state index in [4.69, 9.17) is 15.4 Å². The van der Waals surface area contributed by atoms with E-state index >= 15 is 0 Å². The molecule has 0 radical (unpaired) electrons. The summed E-state index contributed by atoms with van der Waals surface area (Å²) in [6.45, 7) is 2.78. The molecule has 8 heteroatoms. The van der Waals surface area contributed by atoms with Crippen LogP contribution in [-0.4, -0.2) is 46.5 Å². The molecule has 118 valence electrons. The Morgan fingerprint density at radius 3 is 2.57 bits per heavy atom. The van der Waals surface area contributed by atoms with Crippen molar-refractivity contribution in [1.29, 1.82) is 0 Å². The maximum Gasteiger partial charge on any atom is 0.262 e. The topological polar surface area (TPSA) is 63.7 Å². The first kappa shape index (κ1) is 18.4. The SMILES string of the molecule is COCCCN(C)C(=O)c1cc(C)c(Br)c(S(=O)(=O)Cl)c1. The Labute approximate surface area is 137 Å². The molecule has 21 heavy (non-hydrogen) atoms. The average molecular weight is 399 g/mol. The Bertz CT molecular complexity index is 633. The number of aryl methyl sites for hydroxylation is 1. The number of hydrogen-bond donors (Lipinski definition) is 0. The minimum absolute atomic E-state index is 0.0993. The number of carbonyl (C=O) groups excluding carboxylic acids is 1. The Balaban J connectivity index is 3.09. The van der Waals surface area contributed by atoms with Gasteiger partial charge in [0.2, 0.25) is 0 Å². The Kier molecular flexibility index (Phi) is 6.65. The Hall–Kier alpha value is -0.630. The van der Waals surface area contributed by atoms with E-state index in [9.17, 15) is 13.2 Å². The van der Waals surface area contributed by atoms with Crippen molar-refractivity contribution in [2.75, 3.05) is 27.3 Å². The van der Waals surface area contributed by atoms with Crippen LogP contribution in [0.4, 0.5) is 0 Å². The van der Waals surface area contributed by atoms with Crippen molar-refractivity contribution in [1.82, 2.24) is 4.90 Å². The van der Waals surface area contributed by atoms with Gasteiger partial charge >= 0.3 is 0 Å². The number of carbonyl (C=O) groups is 1. The summed E-state index contributed by atoms with van der Waals surface area (Å²) in [5, 5.41) is 0. The molecule has 0 bridgehead atoms. The van der Waals surface area contributed by atoms with Crippen molar-refractivity contribution in [2.45, 2.75) is 18.2 Å². The molecule has 0 aliphatic carbocycles. The van der Waals surface area contributed by atoms with Crippen molar-refractivity contribution in [3.63, 3.8) is 0 Å². The number of nitrogens with zero attached hydrogens (tertiary/aromatic N) is 1. The molecule has 0 unspecified atom stereocenters. The second-order valence-electron chi connectivity index (χ2n) is 4.62. The van der Waals surface area contributed by atoms with Crippen LogP contribution in [-0.2, 0) is 13.8 Å². The summed E-state index contributed by atoms with van der Waals surface area (Å²) < 4.78 is 28.4. The zero-order valence-corrected chi connectivity index (χ0v) is 15.2. The molecule has 0 aliphatic rings. The number of hydrogen-bond acceptors (Lipinski definition) is 4. The van der Waals surface area contributed by atoms with Gasteiger partial charge in [0.25, 0.3) is 15.0 Å². The highest BCUT2D eigenvalue weighted by atomic mass is 79.9. The van der Waals surface area contributed by atoms with Gasteiger partial charge in [0.1, 0.15) is 0 Å². The lowest BCUT2D eigenvalue weighted by Crippen LogP contribution is -2.28. The van der Waals surface area contributed by atoms with Gasteiger partial charge in [-0.3, -0.25) is 4.79 Å². The van der Waals surface area contributed by atoms with Crippen LogP contribution in [0.3, 0.4) is 0 Å². The second-order valence-corrected chi connectivity index (χ2v) is 7.94. The molecule has 0 saturated heterocycles. The Morgan fingerprint density at radius 2 is 2.05 bits per heavy atom. The van der Waals surface area contributed by atoms with E-state index in [1.54, 1.807) is 27.1 Å². The summed E-state index contributed by atoms with van der Waals surface area (Å²) in [7, 11) is 4.72. The van der Waals surface area contributed by atoms with E-state index in [1.807, 2.05) is 0 Å². The highest BCUT2D eigenvalue weighted by Crippen LogP contribution is 2.30. The summed E-state index contributed by atoms with van der Waals surface area (Å²) in [6, 6.07) is 2.92. The lowest BCUT2D eigenvalue weighted by atomic mass is 10.1. The molecule has 1 rings (SSSR count). The molecular weight excluding hydrogens is 382 g/mol. The van der Waals surface area contributed by atoms with Crippen LogP contribution in [0.2, 0.25) is 0 Å². The molecule has 0 saturated carbocycles. The Morgan fingerprint density at radius 1 is 1.43 bits per heavy atom. The third kappa shape index (κ3) is 4.95. The van der Waals surface area contributed by atoms with Crippen LogP contribution >= 0.6 is 26.6 Å². The van der Waals surface area contributed by atoms with Gasteiger partial charge in [-0.2, -0.15) is 0 Å².